The van der Waals surface area contributed by atoms with E-state index in [0.29, 0.717) is 24.3 Å². The monoisotopic (exact) mass is 280 g/mol. The molecule has 0 aromatic carbocycles. The predicted octanol–water partition coefficient (Wildman–Crippen LogP) is 3.19. The van der Waals surface area contributed by atoms with Crippen LogP contribution in [0.25, 0.3) is 0 Å². The molecule has 1 saturated heterocycles. The summed E-state index contributed by atoms with van der Waals surface area (Å²) in [5.74, 6) is 1.92. The first-order valence-electron chi connectivity index (χ1n) is 8.74. The van der Waals surface area contributed by atoms with Crippen molar-refractivity contribution in [2.45, 2.75) is 71.3 Å². The Labute approximate surface area is 124 Å². The molecule has 3 heteroatoms. The summed E-state index contributed by atoms with van der Waals surface area (Å²) >= 11 is 0. The van der Waals surface area contributed by atoms with Crippen LogP contribution in [0.15, 0.2) is 0 Å². The van der Waals surface area contributed by atoms with Crippen molar-refractivity contribution in [3.05, 3.63) is 0 Å². The Morgan fingerprint density at radius 3 is 2.55 bits per heavy atom. The highest BCUT2D eigenvalue weighted by atomic mass is 16.2. The molecule has 0 spiro atoms. The minimum absolute atomic E-state index is 0.332. The van der Waals surface area contributed by atoms with Crippen LogP contribution in [0.3, 0.4) is 0 Å². The Hall–Kier alpha value is -0.570. The van der Waals surface area contributed by atoms with Crippen LogP contribution in [0, 0.1) is 11.8 Å². The van der Waals surface area contributed by atoms with Crippen molar-refractivity contribution in [2.75, 3.05) is 19.6 Å². The Morgan fingerprint density at radius 2 is 1.90 bits per heavy atom. The van der Waals surface area contributed by atoms with Gasteiger partial charge < -0.3 is 10.2 Å². The van der Waals surface area contributed by atoms with E-state index in [1.165, 1.54) is 44.9 Å². The molecule has 20 heavy (non-hydrogen) atoms. The van der Waals surface area contributed by atoms with Gasteiger partial charge in [-0.05, 0) is 44.1 Å². The highest BCUT2D eigenvalue weighted by Crippen LogP contribution is 2.25. The van der Waals surface area contributed by atoms with Gasteiger partial charge >= 0.3 is 0 Å². The molecule has 2 aliphatic rings. The van der Waals surface area contributed by atoms with Crippen LogP contribution >= 0.6 is 0 Å². The lowest BCUT2D eigenvalue weighted by molar-refractivity contribution is -0.133. The van der Waals surface area contributed by atoms with Crippen LogP contribution in [0.1, 0.15) is 65.2 Å². The van der Waals surface area contributed by atoms with E-state index in [0.717, 1.165) is 25.6 Å². The van der Waals surface area contributed by atoms with Crippen molar-refractivity contribution in [2.24, 2.45) is 11.8 Å². The van der Waals surface area contributed by atoms with E-state index in [9.17, 15) is 4.79 Å². The fourth-order valence-corrected chi connectivity index (χ4v) is 3.94. The number of carbonyl (C=O) groups is 1. The second-order valence-corrected chi connectivity index (χ2v) is 6.80. The van der Waals surface area contributed by atoms with Crippen molar-refractivity contribution in [1.29, 1.82) is 0 Å². The topological polar surface area (TPSA) is 32.3 Å². The summed E-state index contributed by atoms with van der Waals surface area (Å²) in [5.41, 5.74) is 0. The van der Waals surface area contributed by atoms with Crippen LogP contribution in [-0.2, 0) is 4.79 Å². The first kappa shape index (κ1) is 15.8. The molecular weight excluding hydrogens is 248 g/mol. The van der Waals surface area contributed by atoms with Gasteiger partial charge in [-0.1, -0.05) is 33.1 Å². The molecule has 1 saturated carbocycles. The number of likely N-dealkylation sites (tertiary alicyclic amines) is 1. The maximum Gasteiger partial charge on any atom is 0.222 e. The number of rotatable bonds is 6. The van der Waals surface area contributed by atoms with Crippen molar-refractivity contribution in [1.82, 2.24) is 10.2 Å². The third kappa shape index (κ3) is 4.47. The second-order valence-electron chi connectivity index (χ2n) is 6.80. The van der Waals surface area contributed by atoms with E-state index < -0.39 is 0 Å². The standard InChI is InChI=1S/C17H32N2O/c1-3-7-15-10-16(13-19(12-15)17(20)4-2)18-11-14-8-5-6-9-14/h14-16,18H,3-13H2,1-2H3. The van der Waals surface area contributed by atoms with Crippen molar-refractivity contribution < 1.29 is 4.79 Å². The predicted molar refractivity (Wildman–Crippen MR) is 83.6 cm³/mol. The van der Waals surface area contributed by atoms with E-state index in [2.05, 4.69) is 17.1 Å². The van der Waals surface area contributed by atoms with E-state index >= 15 is 0 Å². The SMILES string of the molecule is CCCC1CC(NCC2CCCC2)CN(C(=O)CC)C1. The lowest BCUT2D eigenvalue weighted by Crippen LogP contribution is -2.51. The largest absolute Gasteiger partial charge is 0.341 e. The molecule has 0 radical (unpaired) electrons. The third-order valence-electron chi connectivity index (χ3n) is 5.06. The number of nitrogens with zero attached hydrogens (tertiary/aromatic N) is 1. The summed E-state index contributed by atoms with van der Waals surface area (Å²) in [7, 11) is 0. The summed E-state index contributed by atoms with van der Waals surface area (Å²) in [6.45, 7) is 7.31. The average molecular weight is 280 g/mol. The van der Waals surface area contributed by atoms with Gasteiger partial charge in [0.25, 0.3) is 0 Å². The van der Waals surface area contributed by atoms with Crippen LogP contribution in [-0.4, -0.2) is 36.5 Å². The smallest absolute Gasteiger partial charge is 0.222 e. The zero-order chi connectivity index (χ0) is 14.4. The van der Waals surface area contributed by atoms with Crippen molar-refractivity contribution >= 4 is 5.91 Å². The third-order valence-corrected chi connectivity index (χ3v) is 5.06. The molecule has 3 nitrogen and oxygen atoms in total. The van der Waals surface area contributed by atoms with Crippen molar-refractivity contribution in [3.63, 3.8) is 0 Å². The van der Waals surface area contributed by atoms with Crippen LogP contribution < -0.4 is 5.32 Å². The van der Waals surface area contributed by atoms with Gasteiger partial charge in [-0.3, -0.25) is 4.79 Å². The Bertz CT molecular complexity index is 299. The van der Waals surface area contributed by atoms with E-state index in [1.807, 2.05) is 6.92 Å². The number of piperidine rings is 1. The number of hydrogen-bond acceptors (Lipinski definition) is 2. The first-order chi connectivity index (χ1) is 9.72. The highest BCUT2D eigenvalue weighted by molar-refractivity contribution is 5.76. The molecule has 1 aliphatic heterocycles. The molecule has 2 unspecified atom stereocenters. The minimum Gasteiger partial charge on any atom is -0.341 e. The Balaban J connectivity index is 1.83. The molecule has 1 aliphatic carbocycles. The fourth-order valence-electron chi connectivity index (χ4n) is 3.94. The Morgan fingerprint density at radius 1 is 1.15 bits per heavy atom. The van der Waals surface area contributed by atoms with Gasteiger partial charge in [0.15, 0.2) is 0 Å². The molecular formula is C17H32N2O. The molecule has 2 rings (SSSR count). The maximum absolute atomic E-state index is 12.0. The van der Waals surface area contributed by atoms with Crippen LogP contribution in [0.4, 0.5) is 0 Å². The second kappa shape index (κ2) is 8.02. The zero-order valence-electron chi connectivity index (χ0n) is 13.4. The molecule has 2 atom stereocenters. The van der Waals surface area contributed by atoms with E-state index in [4.69, 9.17) is 0 Å². The molecule has 1 amide bonds. The molecule has 1 N–H and O–H groups in total. The first-order valence-corrected chi connectivity index (χ1v) is 8.74. The van der Waals surface area contributed by atoms with Gasteiger partial charge in [0.1, 0.15) is 0 Å². The Kier molecular flexibility index (Phi) is 6.34. The normalized spacial score (nSPS) is 28.0. The number of hydrogen-bond donors (Lipinski definition) is 1. The lowest BCUT2D eigenvalue weighted by atomic mass is 9.90. The van der Waals surface area contributed by atoms with E-state index in [-0.39, 0.29) is 0 Å². The maximum atomic E-state index is 12.0. The van der Waals surface area contributed by atoms with Gasteiger partial charge in [0.05, 0.1) is 0 Å². The highest BCUT2D eigenvalue weighted by Gasteiger charge is 2.29. The van der Waals surface area contributed by atoms with Gasteiger partial charge in [-0.2, -0.15) is 0 Å². The molecule has 0 aromatic heterocycles. The molecule has 1 heterocycles. The van der Waals surface area contributed by atoms with Crippen molar-refractivity contribution in [3.8, 4) is 0 Å². The van der Waals surface area contributed by atoms with Gasteiger partial charge in [0, 0.05) is 25.6 Å². The van der Waals surface area contributed by atoms with Crippen LogP contribution in [0.2, 0.25) is 0 Å². The summed E-state index contributed by atoms with van der Waals surface area (Å²) in [6, 6.07) is 0.524. The molecule has 116 valence electrons. The fraction of sp³-hybridized carbons (Fsp3) is 0.941. The van der Waals surface area contributed by atoms with Gasteiger partial charge in [-0.15, -0.1) is 0 Å². The average Bonchev–Trinajstić information content (AvgIpc) is 2.97. The number of nitrogens with one attached hydrogen (secondary N) is 1. The number of carbonyl (C=O) groups excluding carboxylic acids is 1. The lowest BCUT2D eigenvalue weighted by Gasteiger charge is -2.38. The molecule has 0 aromatic rings. The summed E-state index contributed by atoms with van der Waals surface area (Å²) in [6.07, 6.45) is 10.0. The molecule has 0 bridgehead atoms. The summed E-state index contributed by atoms with van der Waals surface area (Å²) < 4.78 is 0. The van der Waals surface area contributed by atoms with Gasteiger partial charge in [0.2, 0.25) is 5.91 Å². The molecule has 2 fully saturated rings. The summed E-state index contributed by atoms with van der Waals surface area (Å²) in [5, 5.41) is 3.77. The number of amides is 1. The quantitative estimate of drug-likeness (QED) is 0.810. The van der Waals surface area contributed by atoms with E-state index in [1.54, 1.807) is 0 Å². The minimum atomic E-state index is 0.332. The summed E-state index contributed by atoms with van der Waals surface area (Å²) in [4.78, 5) is 14.1. The van der Waals surface area contributed by atoms with Crippen LogP contribution in [0.5, 0.6) is 0 Å². The van der Waals surface area contributed by atoms with Gasteiger partial charge in [-0.25, -0.2) is 0 Å². The zero-order valence-corrected chi connectivity index (χ0v) is 13.4.